The number of thiophene rings is 1. The molecule has 1 aromatic heterocycles. The fourth-order valence-corrected chi connectivity index (χ4v) is 3.82. The van der Waals surface area contributed by atoms with E-state index in [1.165, 1.54) is 17.5 Å². The van der Waals surface area contributed by atoms with Crippen molar-refractivity contribution in [3.63, 3.8) is 0 Å². The highest BCUT2D eigenvalue weighted by atomic mass is 32.1. The quantitative estimate of drug-likeness (QED) is 0.626. The zero-order valence-corrected chi connectivity index (χ0v) is 15.1. The highest BCUT2D eigenvalue weighted by molar-refractivity contribution is 7.10. The number of hydrogen-bond acceptors (Lipinski definition) is 3. The van der Waals surface area contributed by atoms with Gasteiger partial charge in [0.25, 0.3) is 0 Å². The van der Waals surface area contributed by atoms with Crippen LogP contribution in [0.3, 0.4) is 0 Å². The lowest BCUT2D eigenvalue weighted by Crippen LogP contribution is -2.42. The van der Waals surface area contributed by atoms with Crippen LogP contribution < -0.4 is 10.6 Å². The number of aliphatic imine (C=N–C) groups is 1. The first-order chi connectivity index (χ1) is 11.8. The lowest BCUT2D eigenvalue weighted by atomic mass is 10.1. The van der Waals surface area contributed by atoms with E-state index in [2.05, 4.69) is 63.2 Å². The second-order valence-electron chi connectivity index (χ2n) is 6.00. The largest absolute Gasteiger partial charge is 0.357 e. The maximum Gasteiger partial charge on any atom is 0.191 e. The van der Waals surface area contributed by atoms with Gasteiger partial charge in [-0.05, 0) is 35.9 Å². The average Bonchev–Trinajstić information content (AvgIpc) is 3.08. The number of nitrogens with one attached hydrogen (secondary N) is 2. The highest BCUT2D eigenvalue weighted by Gasteiger charge is 2.16. The van der Waals surface area contributed by atoms with Gasteiger partial charge in [-0.1, -0.05) is 30.3 Å². The van der Waals surface area contributed by atoms with Gasteiger partial charge < -0.3 is 10.6 Å². The molecule has 0 radical (unpaired) electrons. The first-order valence-electron chi connectivity index (χ1n) is 8.69. The van der Waals surface area contributed by atoms with Crippen LogP contribution in [0.4, 0.5) is 0 Å². The van der Waals surface area contributed by atoms with Gasteiger partial charge in [-0.2, -0.15) is 0 Å². The summed E-state index contributed by atoms with van der Waals surface area (Å²) in [5.74, 6) is 0.898. The van der Waals surface area contributed by atoms with Crippen molar-refractivity contribution in [2.75, 3.05) is 26.2 Å². The maximum absolute atomic E-state index is 4.67. The predicted octanol–water partition coefficient (Wildman–Crippen LogP) is 2.86. The molecule has 4 nitrogen and oxygen atoms in total. The summed E-state index contributed by atoms with van der Waals surface area (Å²) in [5.41, 5.74) is 2.74. The van der Waals surface area contributed by atoms with Crippen molar-refractivity contribution in [3.8, 4) is 0 Å². The van der Waals surface area contributed by atoms with Crippen LogP contribution in [-0.2, 0) is 19.5 Å². The van der Waals surface area contributed by atoms with E-state index in [-0.39, 0.29) is 0 Å². The van der Waals surface area contributed by atoms with Gasteiger partial charge in [-0.15, -0.1) is 11.3 Å². The zero-order chi connectivity index (χ0) is 16.6. The Hall–Kier alpha value is -1.85. The second-order valence-corrected chi connectivity index (χ2v) is 7.00. The van der Waals surface area contributed by atoms with E-state index in [9.17, 15) is 0 Å². The maximum atomic E-state index is 4.67. The van der Waals surface area contributed by atoms with Crippen molar-refractivity contribution in [2.24, 2.45) is 4.99 Å². The average molecular weight is 343 g/mol. The summed E-state index contributed by atoms with van der Waals surface area (Å²) >= 11 is 1.90. The Balaban J connectivity index is 1.46. The van der Waals surface area contributed by atoms with Crippen LogP contribution in [0.1, 0.15) is 22.9 Å². The van der Waals surface area contributed by atoms with Gasteiger partial charge in [0.2, 0.25) is 0 Å². The Morgan fingerprint density at radius 3 is 2.92 bits per heavy atom. The Labute approximate surface area is 148 Å². The summed E-state index contributed by atoms with van der Waals surface area (Å²) in [6.07, 6.45) is 1.19. The molecule has 0 spiro atoms. The number of benzene rings is 1. The standard InChI is InChI=1S/C19H26N4S/c1-2-20-19(22-14-16-6-4-3-5-7-16)21-10-12-23-11-8-18-17(15-23)9-13-24-18/h3-7,9,13H,2,8,10-12,14-15H2,1H3,(H2,20,21,22). The van der Waals surface area contributed by atoms with Crippen molar-refractivity contribution in [1.29, 1.82) is 0 Å². The molecule has 0 aliphatic carbocycles. The van der Waals surface area contributed by atoms with Gasteiger partial charge in [0.1, 0.15) is 0 Å². The third-order valence-electron chi connectivity index (χ3n) is 4.21. The molecule has 0 saturated carbocycles. The van der Waals surface area contributed by atoms with E-state index in [1.54, 1.807) is 4.88 Å². The van der Waals surface area contributed by atoms with Crippen molar-refractivity contribution in [3.05, 3.63) is 57.8 Å². The van der Waals surface area contributed by atoms with Crippen LogP contribution in [0.2, 0.25) is 0 Å². The van der Waals surface area contributed by atoms with E-state index in [0.717, 1.165) is 38.7 Å². The number of rotatable bonds is 6. The van der Waals surface area contributed by atoms with Crippen molar-refractivity contribution < 1.29 is 0 Å². The molecule has 3 rings (SSSR count). The number of fused-ring (bicyclic) bond motifs is 1. The lowest BCUT2D eigenvalue weighted by Gasteiger charge is -2.27. The minimum atomic E-state index is 0.706. The van der Waals surface area contributed by atoms with Gasteiger partial charge in [-0.25, -0.2) is 4.99 Å². The molecule has 1 aliphatic rings. The van der Waals surface area contributed by atoms with Crippen molar-refractivity contribution >= 4 is 17.3 Å². The molecule has 0 saturated heterocycles. The molecule has 128 valence electrons. The molecule has 2 N–H and O–H groups in total. The van der Waals surface area contributed by atoms with Crippen LogP contribution >= 0.6 is 11.3 Å². The summed E-state index contributed by atoms with van der Waals surface area (Å²) in [5, 5.41) is 8.99. The minimum Gasteiger partial charge on any atom is -0.357 e. The SMILES string of the molecule is CCNC(=NCc1ccccc1)NCCN1CCc2sccc2C1. The Morgan fingerprint density at radius 2 is 2.08 bits per heavy atom. The van der Waals surface area contributed by atoms with Gasteiger partial charge in [-0.3, -0.25) is 4.90 Å². The predicted molar refractivity (Wildman–Crippen MR) is 103 cm³/mol. The number of guanidine groups is 1. The number of hydrogen-bond donors (Lipinski definition) is 2. The van der Waals surface area contributed by atoms with Crippen LogP contribution in [0.5, 0.6) is 0 Å². The fraction of sp³-hybridized carbons (Fsp3) is 0.421. The van der Waals surface area contributed by atoms with Gasteiger partial charge in [0.05, 0.1) is 6.54 Å². The molecule has 2 heterocycles. The molecule has 1 aromatic carbocycles. The molecule has 0 atom stereocenters. The summed E-state index contributed by atoms with van der Waals surface area (Å²) in [6, 6.07) is 12.6. The molecule has 0 unspecified atom stereocenters. The van der Waals surface area contributed by atoms with Crippen LogP contribution in [0.25, 0.3) is 0 Å². The normalized spacial score (nSPS) is 15.1. The van der Waals surface area contributed by atoms with Gasteiger partial charge in [0.15, 0.2) is 5.96 Å². The topological polar surface area (TPSA) is 39.7 Å². The van der Waals surface area contributed by atoms with Gasteiger partial charge >= 0.3 is 0 Å². The summed E-state index contributed by atoms with van der Waals surface area (Å²) in [4.78, 5) is 8.75. The van der Waals surface area contributed by atoms with Crippen LogP contribution in [-0.4, -0.2) is 37.0 Å². The molecule has 2 aromatic rings. The van der Waals surface area contributed by atoms with E-state index in [4.69, 9.17) is 0 Å². The monoisotopic (exact) mass is 342 g/mol. The van der Waals surface area contributed by atoms with Crippen molar-refractivity contribution in [1.82, 2.24) is 15.5 Å². The second kappa shape index (κ2) is 8.85. The Bertz CT molecular complexity index is 650. The molecular formula is C19H26N4S. The fourth-order valence-electron chi connectivity index (χ4n) is 2.93. The zero-order valence-electron chi connectivity index (χ0n) is 14.3. The smallest absolute Gasteiger partial charge is 0.191 e. The van der Waals surface area contributed by atoms with E-state index in [0.29, 0.717) is 6.54 Å². The molecule has 0 fully saturated rings. The van der Waals surface area contributed by atoms with E-state index in [1.807, 2.05) is 17.4 Å². The van der Waals surface area contributed by atoms with E-state index >= 15 is 0 Å². The van der Waals surface area contributed by atoms with Gasteiger partial charge in [0, 0.05) is 37.6 Å². The van der Waals surface area contributed by atoms with Crippen molar-refractivity contribution in [2.45, 2.75) is 26.4 Å². The first-order valence-corrected chi connectivity index (χ1v) is 9.57. The summed E-state index contributed by atoms with van der Waals surface area (Å²) in [7, 11) is 0. The first kappa shape index (κ1) is 17.0. The Kier molecular flexibility index (Phi) is 6.26. The summed E-state index contributed by atoms with van der Waals surface area (Å²) < 4.78 is 0. The molecule has 24 heavy (non-hydrogen) atoms. The van der Waals surface area contributed by atoms with E-state index < -0.39 is 0 Å². The van der Waals surface area contributed by atoms with Crippen LogP contribution in [0.15, 0.2) is 46.8 Å². The minimum absolute atomic E-state index is 0.706. The molecule has 1 aliphatic heterocycles. The highest BCUT2D eigenvalue weighted by Crippen LogP contribution is 2.23. The lowest BCUT2D eigenvalue weighted by molar-refractivity contribution is 0.260. The molecular weight excluding hydrogens is 316 g/mol. The molecule has 0 bridgehead atoms. The number of nitrogens with zero attached hydrogens (tertiary/aromatic N) is 2. The third kappa shape index (κ3) is 4.82. The Morgan fingerprint density at radius 1 is 1.21 bits per heavy atom. The third-order valence-corrected chi connectivity index (χ3v) is 5.24. The summed E-state index contributed by atoms with van der Waals surface area (Å²) in [6.45, 7) is 7.89. The van der Waals surface area contributed by atoms with Crippen LogP contribution in [0, 0.1) is 0 Å². The molecule has 5 heteroatoms. The molecule has 0 amide bonds.